The SMILES string of the molecule is CC(Oc1ccc(Br)cc1)C(=O)NCC(c1cccc(F)c1)N(C)C. The van der Waals surface area contributed by atoms with Crippen molar-refractivity contribution in [3.8, 4) is 5.75 Å². The minimum atomic E-state index is -0.628. The standard InChI is InChI=1S/C19H22BrFN2O2/c1-13(25-17-9-7-15(20)8-10-17)19(24)22-12-18(23(2)3)14-5-4-6-16(21)11-14/h4-11,13,18H,12H2,1-3H3,(H,22,24). The van der Waals surface area contributed by atoms with Gasteiger partial charge in [-0.1, -0.05) is 28.1 Å². The third kappa shape index (κ3) is 5.83. The molecule has 0 radical (unpaired) electrons. The van der Waals surface area contributed by atoms with Gasteiger partial charge < -0.3 is 15.0 Å². The van der Waals surface area contributed by atoms with Crippen LogP contribution in [0.3, 0.4) is 0 Å². The van der Waals surface area contributed by atoms with Crippen molar-refractivity contribution in [3.63, 3.8) is 0 Å². The van der Waals surface area contributed by atoms with E-state index in [-0.39, 0.29) is 17.8 Å². The first-order valence-electron chi connectivity index (χ1n) is 7.98. The van der Waals surface area contributed by atoms with E-state index in [1.54, 1.807) is 25.1 Å². The first-order valence-corrected chi connectivity index (χ1v) is 8.78. The molecular weight excluding hydrogens is 387 g/mol. The van der Waals surface area contributed by atoms with Crippen LogP contribution in [0.4, 0.5) is 4.39 Å². The van der Waals surface area contributed by atoms with Crippen molar-refractivity contribution < 1.29 is 13.9 Å². The molecule has 2 aromatic rings. The number of benzene rings is 2. The molecule has 0 aromatic heterocycles. The fourth-order valence-electron chi connectivity index (χ4n) is 2.42. The Morgan fingerprint density at radius 1 is 1.24 bits per heavy atom. The molecule has 2 unspecified atom stereocenters. The fourth-order valence-corrected chi connectivity index (χ4v) is 2.69. The average Bonchev–Trinajstić information content (AvgIpc) is 2.56. The summed E-state index contributed by atoms with van der Waals surface area (Å²) in [7, 11) is 3.78. The molecule has 0 heterocycles. The van der Waals surface area contributed by atoms with Crippen molar-refractivity contribution in [1.82, 2.24) is 10.2 Å². The number of ether oxygens (including phenoxy) is 1. The lowest BCUT2D eigenvalue weighted by molar-refractivity contribution is -0.127. The lowest BCUT2D eigenvalue weighted by Gasteiger charge is -2.26. The van der Waals surface area contributed by atoms with Gasteiger partial charge in [0.15, 0.2) is 6.10 Å². The second kappa shape index (κ2) is 8.97. The number of nitrogens with zero attached hydrogens (tertiary/aromatic N) is 1. The molecule has 0 bridgehead atoms. The Bertz CT molecular complexity index is 707. The minimum Gasteiger partial charge on any atom is -0.481 e. The molecule has 2 atom stereocenters. The van der Waals surface area contributed by atoms with Crippen LogP contribution >= 0.6 is 15.9 Å². The molecule has 0 aliphatic carbocycles. The van der Waals surface area contributed by atoms with Gasteiger partial charge in [0.1, 0.15) is 11.6 Å². The molecule has 0 fully saturated rings. The second-order valence-electron chi connectivity index (χ2n) is 5.99. The highest BCUT2D eigenvalue weighted by Gasteiger charge is 2.19. The Kier molecular flexibility index (Phi) is 6.96. The second-order valence-corrected chi connectivity index (χ2v) is 6.91. The van der Waals surface area contributed by atoms with Gasteiger partial charge in [-0.3, -0.25) is 4.79 Å². The number of rotatable bonds is 7. The fraction of sp³-hybridized carbons (Fsp3) is 0.316. The average molecular weight is 409 g/mol. The van der Waals surface area contributed by atoms with Gasteiger partial charge in [0.25, 0.3) is 5.91 Å². The summed E-state index contributed by atoms with van der Waals surface area (Å²) in [4.78, 5) is 14.2. The topological polar surface area (TPSA) is 41.6 Å². The van der Waals surface area contributed by atoms with Gasteiger partial charge in [0, 0.05) is 11.0 Å². The summed E-state index contributed by atoms with van der Waals surface area (Å²) in [5.74, 6) is 0.119. The number of hydrogen-bond acceptors (Lipinski definition) is 3. The smallest absolute Gasteiger partial charge is 0.260 e. The van der Waals surface area contributed by atoms with Crippen LogP contribution in [0, 0.1) is 5.82 Å². The van der Waals surface area contributed by atoms with Gasteiger partial charge in [0.2, 0.25) is 0 Å². The highest BCUT2D eigenvalue weighted by atomic mass is 79.9. The Morgan fingerprint density at radius 2 is 1.92 bits per heavy atom. The molecule has 1 amide bonds. The Hall–Kier alpha value is -1.92. The van der Waals surface area contributed by atoms with Crippen LogP contribution in [0.2, 0.25) is 0 Å². The summed E-state index contributed by atoms with van der Waals surface area (Å²) in [6.07, 6.45) is -0.628. The summed E-state index contributed by atoms with van der Waals surface area (Å²) in [6.45, 7) is 2.06. The molecule has 6 heteroatoms. The number of halogens is 2. The van der Waals surface area contributed by atoms with Crippen LogP contribution in [-0.4, -0.2) is 37.6 Å². The predicted molar refractivity (Wildman–Crippen MR) is 100 cm³/mol. The predicted octanol–water partition coefficient (Wildman–Crippen LogP) is 3.77. The zero-order valence-corrected chi connectivity index (χ0v) is 16.1. The summed E-state index contributed by atoms with van der Waals surface area (Å²) >= 11 is 3.36. The van der Waals surface area contributed by atoms with E-state index in [1.807, 2.05) is 37.2 Å². The lowest BCUT2D eigenvalue weighted by atomic mass is 10.1. The molecule has 0 saturated heterocycles. The highest BCUT2D eigenvalue weighted by molar-refractivity contribution is 9.10. The van der Waals surface area contributed by atoms with E-state index in [2.05, 4.69) is 21.2 Å². The molecule has 25 heavy (non-hydrogen) atoms. The van der Waals surface area contributed by atoms with Gasteiger partial charge in [-0.05, 0) is 63.0 Å². The molecule has 2 rings (SSSR count). The quantitative estimate of drug-likeness (QED) is 0.757. The van der Waals surface area contributed by atoms with Gasteiger partial charge in [-0.2, -0.15) is 0 Å². The first kappa shape index (κ1) is 19.4. The normalized spacial score (nSPS) is 13.4. The Labute approximate surface area is 156 Å². The summed E-state index contributed by atoms with van der Waals surface area (Å²) in [5, 5.41) is 2.88. The van der Waals surface area contributed by atoms with E-state index in [0.29, 0.717) is 12.3 Å². The number of likely N-dealkylation sites (N-methyl/N-ethyl adjacent to an activating group) is 1. The maximum Gasteiger partial charge on any atom is 0.260 e. The van der Waals surface area contributed by atoms with Crippen LogP contribution < -0.4 is 10.1 Å². The molecule has 0 aliphatic heterocycles. The van der Waals surface area contributed by atoms with E-state index >= 15 is 0 Å². The van der Waals surface area contributed by atoms with Gasteiger partial charge in [-0.15, -0.1) is 0 Å². The zero-order chi connectivity index (χ0) is 18.4. The Balaban J connectivity index is 1.95. The maximum atomic E-state index is 13.5. The third-order valence-electron chi connectivity index (χ3n) is 3.82. The third-order valence-corrected chi connectivity index (χ3v) is 4.35. The maximum absolute atomic E-state index is 13.5. The monoisotopic (exact) mass is 408 g/mol. The molecule has 4 nitrogen and oxygen atoms in total. The lowest BCUT2D eigenvalue weighted by Crippen LogP contribution is -2.41. The molecule has 2 aromatic carbocycles. The number of amides is 1. The minimum absolute atomic E-state index is 0.125. The van der Waals surface area contributed by atoms with E-state index in [4.69, 9.17) is 4.74 Å². The highest BCUT2D eigenvalue weighted by Crippen LogP contribution is 2.19. The van der Waals surface area contributed by atoms with Crippen molar-refractivity contribution in [1.29, 1.82) is 0 Å². The Morgan fingerprint density at radius 3 is 2.52 bits per heavy atom. The van der Waals surface area contributed by atoms with Crippen molar-refractivity contribution in [2.24, 2.45) is 0 Å². The summed E-state index contributed by atoms with van der Waals surface area (Å²) < 4.78 is 20.0. The van der Waals surface area contributed by atoms with Gasteiger partial charge >= 0.3 is 0 Å². The summed E-state index contributed by atoms with van der Waals surface area (Å²) in [6, 6.07) is 13.6. The van der Waals surface area contributed by atoms with Crippen LogP contribution in [0.15, 0.2) is 53.0 Å². The number of hydrogen-bond donors (Lipinski definition) is 1. The van der Waals surface area contributed by atoms with Crippen molar-refractivity contribution in [3.05, 3.63) is 64.4 Å². The zero-order valence-electron chi connectivity index (χ0n) is 14.5. The molecule has 0 saturated carbocycles. The first-order chi connectivity index (χ1) is 11.9. The summed E-state index contributed by atoms with van der Waals surface area (Å²) in [5.41, 5.74) is 0.812. The van der Waals surface area contributed by atoms with Crippen LogP contribution in [0.25, 0.3) is 0 Å². The van der Waals surface area contributed by atoms with Gasteiger partial charge in [-0.25, -0.2) is 4.39 Å². The molecule has 1 N–H and O–H groups in total. The number of carbonyl (C=O) groups is 1. The largest absolute Gasteiger partial charge is 0.481 e. The van der Waals surface area contributed by atoms with Crippen molar-refractivity contribution in [2.75, 3.05) is 20.6 Å². The van der Waals surface area contributed by atoms with E-state index in [9.17, 15) is 9.18 Å². The molecule has 0 spiro atoms. The molecular formula is C19H22BrFN2O2. The van der Waals surface area contributed by atoms with Crippen molar-refractivity contribution >= 4 is 21.8 Å². The molecule has 134 valence electrons. The number of nitrogens with one attached hydrogen (secondary N) is 1. The van der Waals surface area contributed by atoms with E-state index < -0.39 is 6.10 Å². The molecule has 0 aliphatic rings. The van der Waals surface area contributed by atoms with Crippen molar-refractivity contribution in [2.45, 2.75) is 19.1 Å². The number of carbonyl (C=O) groups excluding carboxylic acids is 1. The van der Waals surface area contributed by atoms with E-state index in [1.165, 1.54) is 12.1 Å². The van der Waals surface area contributed by atoms with E-state index in [0.717, 1.165) is 10.0 Å². The van der Waals surface area contributed by atoms with Crippen LogP contribution in [0.1, 0.15) is 18.5 Å². The van der Waals surface area contributed by atoms with Crippen LogP contribution in [0.5, 0.6) is 5.75 Å². The van der Waals surface area contributed by atoms with Gasteiger partial charge in [0.05, 0.1) is 6.04 Å². The van der Waals surface area contributed by atoms with Crippen LogP contribution in [-0.2, 0) is 4.79 Å².